The Morgan fingerprint density at radius 1 is 0.933 bits per heavy atom. The van der Waals surface area contributed by atoms with Crippen molar-refractivity contribution in [2.45, 2.75) is 6.42 Å². The van der Waals surface area contributed by atoms with Crippen LogP contribution in [0, 0.1) is 11.3 Å². The third-order valence-electron chi connectivity index (χ3n) is 5.37. The van der Waals surface area contributed by atoms with Gasteiger partial charge in [-0.2, -0.15) is 10.2 Å². The van der Waals surface area contributed by atoms with E-state index in [1.54, 1.807) is 12.4 Å². The van der Waals surface area contributed by atoms with Gasteiger partial charge in [-0.25, -0.2) is 4.98 Å². The summed E-state index contributed by atoms with van der Waals surface area (Å²) in [5.41, 5.74) is 4.82. The van der Waals surface area contributed by atoms with E-state index in [-0.39, 0.29) is 12.4 Å². The number of hydrogen-bond acceptors (Lipinski definition) is 7. The van der Waals surface area contributed by atoms with Crippen LogP contribution in [0.5, 0.6) is 0 Å². The van der Waals surface area contributed by atoms with Crippen molar-refractivity contribution in [3.05, 3.63) is 59.9 Å². The third kappa shape index (κ3) is 3.67. The first-order chi connectivity index (χ1) is 14.3. The van der Waals surface area contributed by atoms with Crippen LogP contribution in [0.15, 0.2) is 48.8 Å². The number of anilines is 3. The Bertz CT molecular complexity index is 1060. The second kappa shape index (κ2) is 8.66. The number of halogens is 1. The zero-order valence-corrected chi connectivity index (χ0v) is 17.2. The zero-order chi connectivity index (χ0) is 19.6. The molecule has 2 aromatic heterocycles. The molecule has 30 heavy (non-hydrogen) atoms. The summed E-state index contributed by atoms with van der Waals surface area (Å²) in [5.74, 6) is 1.68. The van der Waals surface area contributed by atoms with E-state index in [0.717, 1.165) is 60.3 Å². The molecular formula is C22H21ClN6O. The van der Waals surface area contributed by atoms with Crippen LogP contribution in [0.3, 0.4) is 0 Å². The summed E-state index contributed by atoms with van der Waals surface area (Å²) in [7, 11) is 0. The SMILES string of the molecule is Cl.N#Cc1ccc(-c2nc(N3CCOCC3)nc3c2CCN3c2ccncc2)cc1. The van der Waals surface area contributed by atoms with Crippen LogP contribution >= 0.6 is 12.4 Å². The molecule has 0 N–H and O–H groups in total. The molecule has 3 aromatic rings. The zero-order valence-electron chi connectivity index (χ0n) is 16.4. The number of morpholine rings is 1. The average Bonchev–Trinajstić information content (AvgIpc) is 3.24. The van der Waals surface area contributed by atoms with Gasteiger partial charge < -0.3 is 14.5 Å². The molecule has 0 saturated carbocycles. The van der Waals surface area contributed by atoms with E-state index < -0.39 is 0 Å². The van der Waals surface area contributed by atoms with E-state index in [0.29, 0.717) is 18.8 Å². The predicted octanol–water partition coefficient (Wildman–Crippen LogP) is 3.36. The molecule has 0 amide bonds. The maximum atomic E-state index is 9.12. The fraction of sp³-hybridized carbons (Fsp3) is 0.273. The molecule has 0 atom stereocenters. The molecule has 2 aliphatic rings. The lowest BCUT2D eigenvalue weighted by Gasteiger charge is -2.28. The van der Waals surface area contributed by atoms with E-state index in [9.17, 15) is 0 Å². The van der Waals surface area contributed by atoms with Crippen LogP contribution in [0.25, 0.3) is 11.3 Å². The summed E-state index contributed by atoms with van der Waals surface area (Å²) < 4.78 is 5.50. The highest BCUT2D eigenvalue weighted by molar-refractivity contribution is 5.85. The Labute approximate surface area is 181 Å². The van der Waals surface area contributed by atoms with Crippen LogP contribution in [0.1, 0.15) is 11.1 Å². The molecule has 1 fully saturated rings. The Hall–Kier alpha value is -3.21. The van der Waals surface area contributed by atoms with Gasteiger partial charge in [-0.05, 0) is 30.7 Å². The normalized spacial score (nSPS) is 15.3. The number of rotatable bonds is 3. The Morgan fingerprint density at radius 3 is 2.37 bits per heavy atom. The first-order valence-electron chi connectivity index (χ1n) is 9.75. The summed E-state index contributed by atoms with van der Waals surface area (Å²) in [6.07, 6.45) is 4.48. The number of nitrogens with zero attached hydrogens (tertiary/aromatic N) is 6. The van der Waals surface area contributed by atoms with E-state index in [4.69, 9.17) is 20.0 Å². The molecule has 7 nitrogen and oxygen atoms in total. The molecule has 2 aliphatic heterocycles. The summed E-state index contributed by atoms with van der Waals surface area (Å²) in [6.45, 7) is 3.77. The van der Waals surface area contributed by atoms with Crippen LogP contribution in [0.4, 0.5) is 17.5 Å². The number of benzene rings is 1. The highest BCUT2D eigenvalue weighted by atomic mass is 35.5. The van der Waals surface area contributed by atoms with Crippen molar-refractivity contribution in [1.29, 1.82) is 5.26 Å². The minimum atomic E-state index is 0. The van der Waals surface area contributed by atoms with Gasteiger partial charge in [0, 0.05) is 48.8 Å². The maximum absolute atomic E-state index is 9.12. The summed E-state index contributed by atoms with van der Waals surface area (Å²) >= 11 is 0. The fourth-order valence-corrected chi connectivity index (χ4v) is 3.87. The van der Waals surface area contributed by atoms with Gasteiger partial charge in [-0.15, -0.1) is 12.4 Å². The molecule has 1 saturated heterocycles. The Kier molecular flexibility index (Phi) is 5.79. The Morgan fingerprint density at radius 2 is 1.67 bits per heavy atom. The fourth-order valence-electron chi connectivity index (χ4n) is 3.87. The smallest absolute Gasteiger partial charge is 0.228 e. The molecule has 4 heterocycles. The highest BCUT2D eigenvalue weighted by Crippen LogP contribution is 2.39. The number of hydrogen-bond donors (Lipinski definition) is 0. The minimum Gasteiger partial charge on any atom is -0.378 e. The largest absolute Gasteiger partial charge is 0.378 e. The van der Waals surface area contributed by atoms with Gasteiger partial charge in [-0.3, -0.25) is 4.98 Å². The van der Waals surface area contributed by atoms with Crippen LogP contribution in [-0.2, 0) is 11.2 Å². The van der Waals surface area contributed by atoms with Crippen LogP contribution in [0.2, 0.25) is 0 Å². The summed E-state index contributed by atoms with van der Waals surface area (Å²) in [6, 6.07) is 13.8. The quantitative estimate of drug-likeness (QED) is 0.642. The minimum absolute atomic E-state index is 0. The molecule has 8 heteroatoms. The van der Waals surface area contributed by atoms with Gasteiger partial charge in [0.2, 0.25) is 5.95 Å². The van der Waals surface area contributed by atoms with Crippen molar-refractivity contribution in [3.63, 3.8) is 0 Å². The first-order valence-corrected chi connectivity index (χ1v) is 9.75. The number of fused-ring (bicyclic) bond motifs is 1. The molecule has 1 aromatic carbocycles. The van der Waals surface area contributed by atoms with E-state index in [1.165, 1.54) is 0 Å². The van der Waals surface area contributed by atoms with Crippen molar-refractivity contribution in [1.82, 2.24) is 15.0 Å². The molecule has 0 radical (unpaired) electrons. The van der Waals surface area contributed by atoms with E-state index in [1.807, 2.05) is 36.4 Å². The molecule has 0 aliphatic carbocycles. The number of nitriles is 1. The van der Waals surface area contributed by atoms with Crippen LogP contribution in [-0.4, -0.2) is 47.8 Å². The number of ether oxygens (including phenoxy) is 1. The Balaban J connectivity index is 0.00000218. The van der Waals surface area contributed by atoms with Crippen molar-refractivity contribution in [2.75, 3.05) is 42.6 Å². The maximum Gasteiger partial charge on any atom is 0.228 e. The summed E-state index contributed by atoms with van der Waals surface area (Å²) in [4.78, 5) is 18.5. The number of pyridine rings is 1. The van der Waals surface area contributed by atoms with Crippen molar-refractivity contribution < 1.29 is 4.74 Å². The monoisotopic (exact) mass is 420 g/mol. The standard InChI is InChI=1S/C22H20N6O.ClH/c23-15-16-1-3-17(4-2-16)20-19-7-10-28(18-5-8-24-9-6-18)21(19)26-22(25-20)27-11-13-29-14-12-27;/h1-6,8-9H,7,10-14H2;1H. The topological polar surface area (TPSA) is 78.2 Å². The molecule has 5 rings (SSSR count). The number of aromatic nitrogens is 3. The second-order valence-electron chi connectivity index (χ2n) is 7.07. The average molecular weight is 421 g/mol. The molecule has 0 unspecified atom stereocenters. The van der Waals surface area contributed by atoms with Gasteiger partial charge in [-0.1, -0.05) is 12.1 Å². The second-order valence-corrected chi connectivity index (χ2v) is 7.07. The molecule has 152 valence electrons. The van der Waals surface area contributed by atoms with E-state index >= 15 is 0 Å². The van der Waals surface area contributed by atoms with Gasteiger partial charge in [0.05, 0.1) is 30.5 Å². The third-order valence-corrected chi connectivity index (χ3v) is 5.37. The summed E-state index contributed by atoms with van der Waals surface area (Å²) in [5, 5.41) is 9.12. The molecule has 0 bridgehead atoms. The first kappa shape index (κ1) is 20.1. The van der Waals surface area contributed by atoms with E-state index in [2.05, 4.69) is 20.9 Å². The predicted molar refractivity (Wildman–Crippen MR) is 117 cm³/mol. The lowest BCUT2D eigenvalue weighted by Crippen LogP contribution is -2.37. The van der Waals surface area contributed by atoms with Gasteiger partial charge in [0.1, 0.15) is 5.82 Å². The highest BCUT2D eigenvalue weighted by Gasteiger charge is 2.29. The van der Waals surface area contributed by atoms with Gasteiger partial charge >= 0.3 is 0 Å². The van der Waals surface area contributed by atoms with Crippen molar-refractivity contribution in [2.24, 2.45) is 0 Å². The van der Waals surface area contributed by atoms with Gasteiger partial charge in [0.25, 0.3) is 0 Å². The van der Waals surface area contributed by atoms with Crippen molar-refractivity contribution >= 4 is 29.9 Å². The molecular weight excluding hydrogens is 400 g/mol. The van der Waals surface area contributed by atoms with Crippen molar-refractivity contribution in [3.8, 4) is 17.3 Å². The lowest BCUT2D eigenvalue weighted by atomic mass is 10.0. The van der Waals surface area contributed by atoms with Crippen LogP contribution < -0.4 is 9.80 Å². The molecule has 0 spiro atoms. The van der Waals surface area contributed by atoms with Gasteiger partial charge in [0.15, 0.2) is 0 Å². The lowest BCUT2D eigenvalue weighted by molar-refractivity contribution is 0.122.